The lowest BCUT2D eigenvalue weighted by Crippen LogP contribution is -1.96. The zero-order valence-corrected chi connectivity index (χ0v) is 8.32. The van der Waals surface area contributed by atoms with E-state index in [0.29, 0.717) is 15.1 Å². The molecule has 0 unspecified atom stereocenters. The fraction of sp³-hybridized carbons (Fsp3) is 0. The van der Waals surface area contributed by atoms with Crippen LogP contribution >= 0.6 is 22.9 Å². The zero-order chi connectivity index (χ0) is 10.3. The van der Waals surface area contributed by atoms with Crippen molar-refractivity contribution in [1.29, 1.82) is 0 Å². The van der Waals surface area contributed by atoms with Gasteiger partial charge in [-0.25, -0.2) is 4.79 Å². The van der Waals surface area contributed by atoms with Crippen LogP contribution in [-0.2, 0) is 0 Å². The van der Waals surface area contributed by atoms with Gasteiger partial charge in [-0.05, 0) is 6.07 Å². The predicted molar refractivity (Wildman–Crippen MR) is 53.8 cm³/mol. The van der Waals surface area contributed by atoms with Crippen molar-refractivity contribution in [3.8, 4) is 0 Å². The van der Waals surface area contributed by atoms with E-state index in [1.165, 1.54) is 0 Å². The van der Waals surface area contributed by atoms with Crippen LogP contribution in [0.25, 0.3) is 10.1 Å². The maximum atomic E-state index is 13.2. The van der Waals surface area contributed by atoms with E-state index in [1.807, 2.05) is 0 Å². The summed E-state index contributed by atoms with van der Waals surface area (Å²) in [6.45, 7) is 0. The quantitative estimate of drug-likeness (QED) is 0.815. The first-order chi connectivity index (χ1) is 6.61. The highest BCUT2D eigenvalue weighted by Crippen LogP contribution is 2.34. The molecule has 0 radical (unpaired) electrons. The molecule has 0 saturated carbocycles. The summed E-state index contributed by atoms with van der Waals surface area (Å²) >= 11 is 6.55. The summed E-state index contributed by atoms with van der Waals surface area (Å²) in [7, 11) is 0. The molecule has 2 aromatic rings. The van der Waals surface area contributed by atoms with Gasteiger partial charge in [0.25, 0.3) is 0 Å². The van der Waals surface area contributed by atoms with Gasteiger partial charge in [-0.15, -0.1) is 11.3 Å². The minimum Gasteiger partial charge on any atom is -0.478 e. The average Bonchev–Trinajstić information content (AvgIpc) is 2.42. The molecule has 2 nitrogen and oxygen atoms in total. The van der Waals surface area contributed by atoms with E-state index in [-0.39, 0.29) is 5.56 Å². The first-order valence-corrected chi connectivity index (χ1v) is 4.90. The molecular weight excluding hydrogens is 227 g/mol. The molecule has 5 heteroatoms. The average molecular weight is 231 g/mol. The van der Waals surface area contributed by atoms with Gasteiger partial charge in [0.1, 0.15) is 5.56 Å². The molecule has 0 aliphatic carbocycles. The highest BCUT2D eigenvalue weighted by atomic mass is 35.5. The van der Waals surface area contributed by atoms with E-state index < -0.39 is 11.1 Å². The number of benzene rings is 1. The molecule has 14 heavy (non-hydrogen) atoms. The molecule has 2 rings (SSSR count). The molecule has 1 heterocycles. The van der Waals surface area contributed by atoms with Gasteiger partial charge in [0, 0.05) is 5.39 Å². The molecule has 72 valence electrons. The summed E-state index contributed by atoms with van der Waals surface area (Å²) in [5.74, 6) is -1.27. The number of halogens is 2. The SMILES string of the molecule is O=C(O)c1c(F)sc2c(Cl)cccc12. The Kier molecular flexibility index (Phi) is 2.17. The maximum absolute atomic E-state index is 13.2. The predicted octanol–water partition coefficient (Wildman–Crippen LogP) is 3.39. The number of carbonyl (C=O) groups is 1. The first kappa shape index (κ1) is 9.43. The standard InChI is InChI=1S/C9H4ClFO2S/c10-5-3-1-2-4-6(9(12)13)8(11)14-7(4)5/h1-3H,(H,12,13). The smallest absolute Gasteiger partial charge is 0.340 e. The van der Waals surface area contributed by atoms with Gasteiger partial charge >= 0.3 is 5.97 Å². The summed E-state index contributed by atoms with van der Waals surface area (Å²) < 4.78 is 13.7. The summed E-state index contributed by atoms with van der Waals surface area (Å²) in [5, 5.41) is 8.79. The Balaban J connectivity index is 2.90. The van der Waals surface area contributed by atoms with Gasteiger partial charge in [0.15, 0.2) is 5.13 Å². The van der Waals surface area contributed by atoms with Gasteiger partial charge < -0.3 is 5.11 Å². The van der Waals surface area contributed by atoms with Crippen molar-refractivity contribution in [2.24, 2.45) is 0 Å². The number of fused-ring (bicyclic) bond motifs is 1. The number of carboxylic acid groups (broad SMARTS) is 1. The zero-order valence-electron chi connectivity index (χ0n) is 6.75. The van der Waals surface area contributed by atoms with Gasteiger partial charge in [-0.2, -0.15) is 4.39 Å². The van der Waals surface area contributed by atoms with Crippen LogP contribution in [0.5, 0.6) is 0 Å². The Morgan fingerprint density at radius 3 is 2.86 bits per heavy atom. The normalized spacial score (nSPS) is 10.7. The van der Waals surface area contributed by atoms with Crippen molar-refractivity contribution in [2.45, 2.75) is 0 Å². The number of aromatic carboxylic acids is 1. The lowest BCUT2D eigenvalue weighted by atomic mass is 10.2. The first-order valence-electron chi connectivity index (χ1n) is 3.71. The minimum atomic E-state index is -1.27. The second kappa shape index (κ2) is 3.22. The molecular formula is C9H4ClFO2S. The van der Waals surface area contributed by atoms with Crippen molar-refractivity contribution < 1.29 is 14.3 Å². The maximum Gasteiger partial charge on any atom is 0.340 e. The Morgan fingerprint density at radius 2 is 2.21 bits per heavy atom. The van der Waals surface area contributed by atoms with E-state index >= 15 is 0 Å². The molecule has 0 spiro atoms. The topological polar surface area (TPSA) is 37.3 Å². The summed E-state index contributed by atoms with van der Waals surface area (Å²) in [6.07, 6.45) is 0. The summed E-state index contributed by atoms with van der Waals surface area (Å²) in [6, 6.07) is 4.75. The molecule has 1 aromatic heterocycles. The second-order valence-corrected chi connectivity index (χ2v) is 4.05. The summed E-state index contributed by atoms with van der Waals surface area (Å²) in [4.78, 5) is 10.7. The van der Waals surface area contributed by atoms with Crippen molar-refractivity contribution in [2.75, 3.05) is 0 Å². The Hall–Kier alpha value is -1.13. The van der Waals surface area contributed by atoms with Crippen molar-refractivity contribution >= 4 is 39.0 Å². The van der Waals surface area contributed by atoms with Gasteiger partial charge in [-0.3, -0.25) is 0 Å². The molecule has 0 saturated heterocycles. The van der Waals surface area contributed by atoms with E-state index in [4.69, 9.17) is 16.7 Å². The highest BCUT2D eigenvalue weighted by Gasteiger charge is 2.19. The molecule has 0 aliphatic heterocycles. The van der Waals surface area contributed by atoms with Gasteiger partial charge in [0.05, 0.1) is 9.72 Å². The molecule has 1 N–H and O–H groups in total. The Bertz CT molecular complexity index is 521. The van der Waals surface area contributed by atoms with Crippen LogP contribution in [0.2, 0.25) is 5.02 Å². The van der Waals surface area contributed by atoms with Crippen LogP contribution < -0.4 is 0 Å². The van der Waals surface area contributed by atoms with Gasteiger partial charge in [-0.1, -0.05) is 23.7 Å². The lowest BCUT2D eigenvalue weighted by molar-refractivity contribution is 0.0695. The molecule has 1 aromatic carbocycles. The Morgan fingerprint density at radius 1 is 1.50 bits per heavy atom. The Labute approximate surface area is 87.5 Å². The monoisotopic (exact) mass is 230 g/mol. The molecule has 0 amide bonds. The fourth-order valence-electron chi connectivity index (χ4n) is 1.26. The molecule has 0 bridgehead atoms. The van der Waals surface area contributed by atoms with E-state index in [1.54, 1.807) is 18.2 Å². The fourth-order valence-corrected chi connectivity index (χ4v) is 2.47. The van der Waals surface area contributed by atoms with Crippen LogP contribution in [0.4, 0.5) is 4.39 Å². The van der Waals surface area contributed by atoms with Crippen LogP contribution in [-0.4, -0.2) is 11.1 Å². The lowest BCUT2D eigenvalue weighted by Gasteiger charge is -1.93. The third-order valence-corrected chi connectivity index (χ3v) is 3.29. The van der Waals surface area contributed by atoms with Crippen LogP contribution in [0.1, 0.15) is 10.4 Å². The number of carboxylic acids is 1. The molecule has 0 aliphatic rings. The van der Waals surface area contributed by atoms with E-state index in [2.05, 4.69) is 0 Å². The van der Waals surface area contributed by atoms with E-state index in [0.717, 1.165) is 11.3 Å². The van der Waals surface area contributed by atoms with Gasteiger partial charge in [0.2, 0.25) is 0 Å². The number of hydrogen-bond donors (Lipinski definition) is 1. The van der Waals surface area contributed by atoms with E-state index in [9.17, 15) is 9.18 Å². The number of thiophene rings is 1. The highest BCUT2D eigenvalue weighted by molar-refractivity contribution is 7.18. The largest absolute Gasteiger partial charge is 0.478 e. The van der Waals surface area contributed by atoms with Crippen LogP contribution in [0.15, 0.2) is 18.2 Å². The second-order valence-electron chi connectivity index (χ2n) is 2.67. The number of hydrogen-bond acceptors (Lipinski definition) is 2. The minimum absolute atomic E-state index is 0.299. The summed E-state index contributed by atoms with van der Waals surface area (Å²) in [5.41, 5.74) is -0.299. The van der Waals surface area contributed by atoms with Crippen LogP contribution in [0.3, 0.4) is 0 Å². The van der Waals surface area contributed by atoms with Crippen molar-refractivity contribution in [3.63, 3.8) is 0 Å². The van der Waals surface area contributed by atoms with Crippen molar-refractivity contribution in [3.05, 3.63) is 33.9 Å². The molecule has 0 atom stereocenters. The molecule has 0 fully saturated rings. The number of rotatable bonds is 1. The van der Waals surface area contributed by atoms with Crippen LogP contribution in [0, 0.1) is 5.13 Å². The third kappa shape index (κ3) is 1.27. The van der Waals surface area contributed by atoms with Crippen molar-refractivity contribution in [1.82, 2.24) is 0 Å². The third-order valence-electron chi connectivity index (χ3n) is 1.84.